The van der Waals surface area contributed by atoms with Crippen LogP contribution in [0.2, 0.25) is 0 Å². The number of rotatable bonds is 5. The Hall–Kier alpha value is -0.340. The van der Waals surface area contributed by atoms with Crippen LogP contribution in [0.4, 0.5) is 0 Å². The van der Waals surface area contributed by atoms with Gasteiger partial charge in [-0.1, -0.05) is 19.3 Å². The van der Waals surface area contributed by atoms with E-state index in [1.54, 1.807) is 0 Å². The van der Waals surface area contributed by atoms with Crippen molar-refractivity contribution in [3.8, 4) is 0 Å². The standard InChI is InChI=1S/C13H21NS/c1-10-6-7-15-13(10)9-14-11(2)8-12-4-3-5-12/h6-7,11-12,14H,3-5,8-9H2,1-2H3. The molecule has 0 saturated heterocycles. The highest BCUT2D eigenvalue weighted by Crippen LogP contribution is 2.30. The van der Waals surface area contributed by atoms with Gasteiger partial charge in [0.25, 0.3) is 0 Å². The highest BCUT2D eigenvalue weighted by molar-refractivity contribution is 7.10. The van der Waals surface area contributed by atoms with Crippen LogP contribution in [0.25, 0.3) is 0 Å². The van der Waals surface area contributed by atoms with Gasteiger partial charge in [-0.3, -0.25) is 0 Å². The number of aryl methyl sites for hydroxylation is 1. The predicted molar refractivity (Wildman–Crippen MR) is 67.3 cm³/mol. The largest absolute Gasteiger partial charge is 0.309 e. The lowest BCUT2D eigenvalue weighted by Crippen LogP contribution is -2.29. The molecule has 0 amide bonds. The number of hydrogen-bond donors (Lipinski definition) is 1. The van der Waals surface area contributed by atoms with Crippen molar-refractivity contribution in [3.05, 3.63) is 21.9 Å². The quantitative estimate of drug-likeness (QED) is 0.802. The second kappa shape index (κ2) is 5.13. The SMILES string of the molecule is Cc1ccsc1CNC(C)CC1CCC1. The lowest BCUT2D eigenvalue weighted by molar-refractivity contribution is 0.265. The van der Waals surface area contributed by atoms with Crippen LogP contribution in [0.15, 0.2) is 11.4 Å². The average Bonchev–Trinajstić information content (AvgIpc) is 2.55. The van der Waals surface area contributed by atoms with Crippen molar-refractivity contribution in [2.24, 2.45) is 5.92 Å². The van der Waals surface area contributed by atoms with Gasteiger partial charge in [0.2, 0.25) is 0 Å². The van der Waals surface area contributed by atoms with Crippen molar-refractivity contribution in [1.29, 1.82) is 0 Å². The van der Waals surface area contributed by atoms with Crippen LogP contribution in [0.3, 0.4) is 0 Å². The van der Waals surface area contributed by atoms with Crippen molar-refractivity contribution in [1.82, 2.24) is 5.32 Å². The van der Waals surface area contributed by atoms with Crippen molar-refractivity contribution in [3.63, 3.8) is 0 Å². The summed E-state index contributed by atoms with van der Waals surface area (Å²) in [5.74, 6) is 1.01. The molecule has 1 heterocycles. The van der Waals surface area contributed by atoms with E-state index in [2.05, 4.69) is 30.6 Å². The van der Waals surface area contributed by atoms with E-state index >= 15 is 0 Å². The fraction of sp³-hybridized carbons (Fsp3) is 0.692. The van der Waals surface area contributed by atoms with Gasteiger partial charge in [-0.25, -0.2) is 0 Å². The van der Waals surface area contributed by atoms with Crippen molar-refractivity contribution >= 4 is 11.3 Å². The Kier molecular flexibility index (Phi) is 3.81. The summed E-state index contributed by atoms with van der Waals surface area (Å²) in [5, 5.41) is 5.82. The molecule has 1 saturated carbocycles. The fourth-order valence-electron chi connectivity index (χ4n) is 2.16. The number of nitrogens with one attached hydrogen (secondary N) is 1. The molecule has 15 heavy (non-hydrogen) atoms. The van der Waals surface area contributed by atoms with Crippen LogP contribution in [-0.4, -0.2) is 6.04 Å². The molecule has 1 N–H and O–H groups in total. The fourth-order valence-corrected chi connectivity index (χ4v) is 3.02. The molecular formula is C13H21NS. The molecule has 1 aromatic rings. The molecule has 0 radical (unpaired) electrons. The summed E-state index contributed by atoms with van der Waals surface area (Å²) in [6, 6.07) is 2.88. The topological polar surface area (TPSA) is 12.0 Å². The molecule has 0 aromatic carbocycles. The molecule has 1 atom stereocenters. The minimum Gasteiger partial charge on any atom is -0.309 e. The van der Waals surface area contributed by atoms with Crippen LogP contribution in [-0.2, 0) is 6.54 Å². The summed E-state index contributed by atoms with van der Waals surface area (Å²) in [6.07, 6.45) is 5.75. The van der Waals surface area contributed by atoms with Crippen LogP contribution < -0.4 is 5.32 Å². The molecule has 1 fully saturated rings. The van der Waals surface area contributed by atoms with Crippen LogP contribution in [0, 0.1) is 12.8 Å². The van der Waals surface area contributed by atoms with E-state index in [0.717, 1.165) is 12.5 Å². The molecule has 0 spiro atoms. The molecule has 1 aliphatic carbocycles. The summed E-state index contributed by atoms with van der Waals surface area (Å²) < 4.78 is 0. The van der Waals surface area contributed by atoms with Gasteiger partial charge in [0.15, 0.2) is 0 Å². The molecule has 0 aliphatic heterocycles. The molecule has 2 rings (SSSR count). The molecule has 0 bridgehead atoms. The highest BCUT2D eigenvalue weighted by Gasteiger charge is 2.19. The van der Waals surface area contributed by atoms with E-state index in [0.29, 0.717) is 6.04 Å². The van der Waals surface area contributed by atoms with Crippen LogP contribution in [0.5, 0.6) is 0 Å². The van der Waals surface area contributed by atoms with E-state index < -0.39 is 0 Å². The van der Waals surface area contributed by atoms with Gasteiger partial charge in [0.05, 0.1) is 0 Å². The van der Waals surface area contributed by atoms with E-state index in [4.69, 9.17) is 0 Å². The third kappa shape index (κ3) is 3.05. The zero-order valence-corrected chi connectivity index (χ0v) is 10.6. The minimum absolute atomic E-state index is 0.678. The highest BCUT2D eigenvalue weighted by atomic mass is 32.1. The van der Waals surface area contributed by atoms with E-state index in [1.165, 1.54) is 36.1 Å². The average molecular weight is 223 g/mol. The first-order valence-electron chi connectivity index (χ1n) is 6.02. The first-order valence-corrected chi connectivity index (χ1v) is 6.90. The van der Waals surface area contributed by atoms with E-state index in [9.17, 15) is 0 Å². The van der Waals surface area contributed by atoms with Gasteiger partial charge in [-0.15, -0.1) is 11.3 Å². The van der Waals surface area contributed by atoms with Crippen molar-refractivity contribution in [2.75, 3.05) is 0 Å². The second-order valence-electron chi connectivity index (χ2n) is 4.84. The zero-order valence-electron chi connectivity index (χ0n) is 9.75. The Morgan fingerprint density at radius 3 is 2.87 bits per heavy atom. The maximum absolute atomic E-state index is 3.64. The summed E-state index contributed by atoms with van der Waals surface area (Å²) >= 11 is 1.87. The third-order valence-electron chi connectivity index (χ3n) is 3.49. The first-order chi connectivity index (χ1) is 7.25. The summed E-state index contributed by atoms with van der Waals surface area (Å²) in [4.78, 5) is 1.50. The van der Waals surface area contributed by atoms with Gasteiger partial charge in [0, 0.05) is 17.5 Å². The Bertz CT molecular complexity index is 301. The van der Waals surface area contributed by atoms with Gasteiger partial charge in [-0.2, -0.15) is 0 Å². The molecular weight excluding hydrogens is 202 g/mol. The summed E-state index contributed by atoms with van der Waals surface area (Å²) in [7, 11) is 0. The zero-order chi connectivity index (χ0) is 10.7. The maximum Gasteiger partial charge on any atom is 0.0304 e. The molecule has 1 aliphatic rings. The van der Waals surface area contributed by atoms with Crippen LogP contribution >= 0.6 is 11.3 Å². The Labute approximate surface area is 96.9 Å². The summed E-state index contributed by atoms with van der Waals surface area (Å²) in [6.45, 7) is 5.57. The Morgan fingerprint density at radius 1 is 1.53 bits per heavy atom. The van der Waals surface area contributed by atoms with Crippen LogP contribution in [0.1, 0.15) is 43.0 Å². The first kappa shape index (κ1) is 11.2. The second-order valence-corrected chi connectivity index (χ2v) is 5.84. The van der Waals surface area contributed by atoms with Gasteiger partial charge in [0.1, 0.15) is 0 Å². The lowest BCUT2D eigenvalue weighted by atomic mass is 9.81. The van der Waals surface area contributed by atoms with Crippen molar-refractivity contribution in [2.45, 2.75) is 52.1 Å². The van der Waals surface area contributed by atoms with E-state index in [1.807, 2.05) is 11.3 Å². The number of hydrogen-bond acceptors (Lipinski definition) is 2. The minimum atomic E-state index is 0.678. The van der Waals surface area contributed by atoms with Gasteiger partial charge >= 0.3 is 0 Å². The Morgan fingerprint density at radius 2 is 2.33 bits per heavy atom. The normalized spacial score (nSPS) is 18.8. The van der Waals surface area contributed by atoms with Gasteiger partial charge in [-0.05, 0) is 43.2 Å². The molecule has 84 valence electrons. The van der Waals surface area contributed by atoms with E-state index in [-0.39, 0.29) is 0 Å². The monoisotopic (exact) mass is 223 g/mol. The predicted octanol–water partition coefficient (Wildman–Crippen LogP) is 3.72. The molecule has 2 heteroatoms. The molecule has 1 nitrogen and oxygen atoms in total. The Balaban J connectivity index is 1.70. The summed E-state index contributed by atoms with van der Waals surface area (Å²) in [5.41, 5.74) is 1.43. The molecule has 1 unspecified atom stereocenters. The van der Waals surface area contributed by atoms with Gasteiger partial charge < -0.3 is 5.32 Å². The smallest absolute Gasteiger partial charge is 0.0304 e. The molecule has 1 aromatic heterocycles. The number of thiophene rings is 1. The maximum atomic E-state index is 3.64. The third-order valence-corrected chi connectivity index (χ3v) is 4.51. The lowest BCUT2D eigenvalue weighted by Gasteiger charge is -2.28. The van der Waals surface area contributed by atoms with Crippen molar-refractivity contribution < 1.29 is 0 Å².